The highest BCUT2D eigenvalue weighted by molar-refractivity contribution is 5.91. The van der Waals surface area contributed by atoms with Crippen molar-refractivity contribution in [3.63, 3.8) is 0 Å². The number of aliphatic hydroxyl groups excluding tert-OH is 4. The summed E-state index contributed by atoms with van der Waals surface area (Å²) in [7, 11) is 0. The minimum absolute atomic E-state index is 0.756. The molecule has 0 radical (unpaired) electrons. The standard InChI is InChI=1S/C15H18O7/c16-8-11(17)14(20)15(21)12(18)9-22-13(19)7-6-10-4-2-1-3-5-10/h1-7,11,14-17,20-21H,8-9H2/b7-6+/t11-,14+,15+/m1/s1. The van der Waals surface area contributed by atoms with Crippen molar-refractivity contribution in [2.75, 3.05) is 13.2 Å². The molecule has 0 aromatic heterocycles. The molecule has 0 fully saturated rings. The van der Waals surface area contributed by atoms with Crippen molar-refractivity contribution in [2.24, 2.45) is 0 Å². The number of ether oxygens (including phenoxy) is 1. The summed E-state index contributed by atoms with van der Waals surface area (Å²) in [6, 6.07) is 8.94. The number of ketones is 1. The molecule has 0 bridgehead atoms. The Bertz CT molecular complexity index is 512. The van der Waals surface area contributed by atoms with Gasteiger partial charge in [-0.25, -0.2) is 4.79 Å². The van der Waals surface area contributed by atoms with E-state index in [4.69, 9.17) is 10.2 Å². The van der Waals surface area contributed by atoms with Gasteiger partial charge in [0.1, 0.15) is 18.3 Å². The van der Waals surface area contributed by atoms with Crippen LogP contribution in [0.1, 0.15) is 5.56 Å². The third-order valence-corrected chi connectivity index (χ3v) is 2.80. The Kier molecular flexibility index (Phi) is 7.41. The summed E-state index contributed by atoms with van der Waals surface area (Å²) in [5, 5.41) is 36.5. The lowest BCUT2D eigenvalue weighted by atomic mass is 10.1. The molecule has 0 saturated carbocycles. The minimum Gasteiger partial charge on any atom is -0.454 e. The molecule has 0 aliphatic rings. The Morgan fingerprint density at radius 1 is 1.14 bits per heavy atom. The van der Waals surface area contributed by atoms with Gasteiger partial charge in [-0.2, -0.15) is 0 Å². The van der Waals surface area contributed by atoms with Gasteiger partial charge >= 0.3 is 5.97 Å². The first-order valence-electron chi connectivity index (χ1n) is 6.53. The quantitative estimate of drug-likeness (QED) is 0.354. The molecule has 3 atom stereocenters. The zero-order valence-electron chi connectivity index (χ0n) is 11.7. The number of hydrogen-bond acceptors (Lipinski definition) is 7. The Labute approximate surface area is 127 Å². The summed E-state index contributed by atoms with van der Waals surface area (Å²) in [6.45, 7) is -1.57. The molecule has 1 rings (SSSR count). The van der Waals surface area contributed by atoms with E-state index in [1.54, 1.807) is 24.3 Å². The molecule has 4 N–H and O–H groups in total. The molecule has 0 saturated heterocycles. The maximum Gasteiger partial charge on any atom is 0.331 e. The monoisotopic (exact) mass is 310 g/mol. The third-order valence-electron chi connectivity index (χ3n) is 2.80. The fourth-order valence-electron chi connectivity index (χ4n) is 1.51. The van der Waals surface area contributed by atoms with Gasteiger partial charge in [0, 0.05) is 6.08 Å². The van der Waals surface area contributed by atoms with E-state index in [9.17, 15) is 19.8 Å². The summed E-state index contributed by atoms with van der Waals surface area (Å²) in [5.74, 6) is -1.77. The van der Waals surface area contributed by atoms with E-state index in [1.807, 2.05) is 6.07 Å². The molecule has 1 aromatic rings. The molecule has 7 heteroatoms. The van der Waals surface area contributed by atoms with Crippen LogP contribution in [-0.4, -0.2) is 63.7 Å². The normalized spacial score (nSPS) is 15.3. The molecule has 0 heterocycles. The highest BCUT2D eigenvalue weighted by Crippen LogP contribution is 2.03. The topological polar surface area (TPSA) is 124 Å². The zero-order valence-corrected chi connectivity index (χ0v) is 11.7. The van der Waals surface area contributed by atoms with Crippen LogP contribution in [0.3, 0.4) is 0 Å². The lowest BCUT2D eigenvalue weighted by Gasteiger charge is -2.20. The van der Waals surface area contributed by atoms with E-state index in [1.165, 1.54) is 6.08 Å². The minimum atomic E-state index is -1.95. The Hall–Kier alpha value is -2.06. The highest BCUT2D eigenvalue weighted by atomic mass is 16.5. The second kappa shape index (κ2) is 9.06. The van der Waals surface area contributed by atoms with Crippen LogP contribution in [0.4, 0.5) is 0 Å². The van der Waals surface area contributed by atoms with Crippen molar-refractivity contribution in [2.45, 2.75) is 18.3 Å². The summed E-state index contributed by atoms with van der Waals surface area (Å²) in [4.78, 5) is 22.9. The highest BCUT2D eigenvalue weighted by Gasteiger charge is 2.30. The number of benzene rings is 1. The molecule has 1 aromatic carbocycles. The number of carbonyl (C=O) groups is 2. The summed E-state index contributed by atoms with van der Waals surface area (Å²) in [6.07, 6.45) is -2.85. The molecular formula is C15H18O7. The average molecular weight is 310 g/mol. The van der Waals surface area contributed by atoms with Gasteiger partial charge in [-0.05, 0) is 11.6 Å². The Balaban J connectivity index is 2.43. The van der Waals surface area contributed by atoms with Crippen molar-refractivity contribution in [1.82, 2.24) is 0 Å². The van der Waals surface area contributed by atoms with Crippen molar-refractivity contribution in [3.8, 4) is 0 Å². The Morgan fingerprint density at radius 2 is 1.77 bits per heavy atom. The fourth-order valence-corrected chi connectivity index (χ4v) is 1.51. The van der Waals surface area contributed by atoms with Crippen LogP contribution in [0.15, 0.2) is 36.4 Å². The van der Waals surface area contributed by atoms with Crippen LogP contribution in [0.5, 0.6) is 0 Å². The number of rotatable bonds is 8. The second-order valence-corrected chi connectivity index (χ2v) is 4.50. The van der Waals surface area contributed by atoms with Crippen LogP contribution >= 0.6 is 0 Å². The van der Waals surface area contributed by atoms with E-state index < -0.39 is 43.3 Å². The summed E-state index contributed by atoms with van der Waals surface area (Å²) >= 11 is 0. The number of hydrogen-bond donors (Lipinski definition) is 4. The van der Waals surface area contributed by atoms with Crippen molar-refractivity contribution in [1.29, 1.82) is 0 Å². The van der Waals surface area contributed by atoms with E-state index in [2.05, 4.69) is 4.74 Å². The van der Waals surface area contributed by atoms with E-state index in [0.29, 0.717) is 0 Å². The van der Waals surface area contributed by atoms with Gasteiger partial charge in [-0.1, -0.05) is 30.3 Å². The van der Waals surface area contributed by atoms with Crippen molar-refractivity contribution >= 4 is 17.8 Å². The average Bonchev–Trinajstić information content (AvgIpc) is 2.56. The molecule has 0 aliphatic heterocycles. The largest absolute Gasteiger partial charge is 0.454 e. The maximum atomic E-state index is 11.5. The molecule has 0 amide bonds. The van der Waals surface area contributed by atoms with Gasteiger partial charge < -0.3 is 25.2 Å². The first-order valence-corrected chi connectivity index (χ1v) is 6.53. The molecule has 0 aliphatic carbocycles. The van der Waals surface area contributed by atoms with Crippen molar-refractivity contribution in [3.05, 3.63) is 42.0 Å². The van der Waals surface area contributed by atoms with Gasteiger partial charge in [0.05, 0.1) is 6.61 Å². The van der Waals surface area contributed by atoms with E-state index in [0.717, 1.165) is 11.6 Å². The van der Waals surface area contributed by atoms with Crippen LogP contribution in [-0.2, 0) is 14.3 Å². The molecule has 0 unspecified atom stereocenters. The first-order chi connectivity index (χ1) is 10.5. The third kappa shape index (κ3) is 5.74. The predicted molar refractivity (Wildman–Crippen MR) is 76.5 cm³/mol. The SMILES string of the molecule is O=C(/C=C/c1ccccc1)OCC(=O)[C@H](O)[C@@H](O)[C@H](O)CO. The van der Waals surface area contributed by atoms with Gasteiger partial charge in [0.2, 0.25) is 5.78 Å². The van der Waals surface area contributed by atoms with Crippen LogP contribution in [0.25, 0.3) is 6.08 Å². The predicted octanol–water partition coefficient (Wildman–Crippen LogP) is -1.11. The molecule has 0 spiro atoms. The lowest BCUT2D eigenvalue weighted by molar-refractivity contribution is -0.152. The maximum absolute atomic E-state index is 11.5. The second-order valence-electron chi connectivity index (χ2n) is 4.50. The number of Topliss-reactive ketones (excluding diaryl/α,β-unsaturated/α-hetero) is 1. The molecule has 7 nitrogen and oxygen atoms in total. The number of carbonyl (C=O) groups excluding carboxylic acids is 2. The van der Waals surface area contributed by atoms with Gasteiger partial charge in [0.25, 0.3) is 0 Å². The number of esters is 1. The molecule has 120 valence electrons. The van der Waals surface area contributed by atoms with Crippen LogP contribution < -0.4 is 0 Å². The van der Waals surface area contributed by atoms with Gasteiger partial charge in [-0.15, -0.1) is 0 Å². The van der Waals surface area contributed by atoms with E-state index in [-0.39, 0.29) is 0 Å². The van der Waals surface area contributed by atoms with Crippen molar-refractivity contribution < 1.29 is 34.8 Å². The fraction of sp³-hybridized carbons (Fsp3) is 0.333. The first kappa shape index (κ1) is 18.0. The van der Waals surface area contributed by atoms with Crippen LogP contribution in [0, 0.1) is 0 Å². The molecular weight excluding hydrogens is 292 g/mol. The Morgan fingerprint density at radius 3 is 2.36 bits per heavy atom. The van der Waals surface area contributed by atoms with E-state index >= 15 is 0 Å². The summed E-state index contributed by atoms with van der Waals surface area (Å²) < 4.78 is 4.62. The number of aliphatic hydroxyl groups is 4. The smallest absolute Gasteiger partial charge is 0.331 e. The summed E-state index contributed by atoms with van der Waals surface area (Å²) in [5.41, 5.74) is 0.771. The molecule has 22 heavy (non-hydrogen) atoms. The zero-order chi connectivity index (χ0) is 16.5. The van der Waals surface area contributed by atoms with Gasteiger partial charge in [0.15, 0.2) is 6.61 Å². The lowest BCUT2D eigenvalue weighted by Crippen LogP contribution is -2.45. The van der Waals surface area contributed by atoms with Crippen LogP contribution in [0.2, 0.25) is 0 Å². The van der Waals surface area contributed by atoms with Gasteiger partial charge in [-0.3, -0.25) is 4.79 Å².